The molecule has 24 rings (SSSR count). The monoisotopic (exact) mass is 1640 g/mol. The van der Waals surface area contributed by atoms with Crippen LogP contribution in [0.2, 0.25) is 0 Å². The van der Waals surface area contributed by atoms with Gasteiger partial charge in [0.05, 0.1) is 44.1 Å². The number of hydrogen-bond donors (Lipinski definition) is 0. The van der Waals surface area contributed by atoms with E-state index in [1.807, 2.05) is 0 Å². The number of nitrogens with zero attached hydrogens (tertiary/aromatic N) is 4. The van der Waals surface area contributed by atoms with E-state index >= 15 is 0 Å². The quantitative estimate of drug-likeness (QED) is 0.116. The van der Waals surface area contributed by atoms with Crippen LogP contribution in [-0.2, 0) is 0 Å². The van der Waals surface area contributed by atoms with Crippen molar-refractivity contribution in [2.75, 3.05) is 0 Å². The summed E-state index contributed by atoms with van der Waals surface area (Å²) in [6.07, 6.45) is 0. The summed E-state index contributed by atoms with van der Waals surface area (Å²) in [4.78, 5) is 0. The molecular weight excluding hydrogens is 1550 g/mol. The summed E-state index contributed by atoms with van der Waals surface area (Å²) in [5.41, 5.74) is 39.6. The van der Waals surface area contributed by atoms with E-state index < -0.39 is 0 Å². The Hall–Kier alpha value is -16.4. The Labute approximate surface area is 747 Å². The molecule has 4 heterocycles. The lowest BCUT2D eigenvalue weighted by Gasteiger charge is -2.12. The predicted octanol–water partition coefficient (Wildman–Crippen LogP) is 33.7. The summed E-state index contributed by atoms with van der Waals surface area (Å²) in [7, 11) is 0. The van der Waals surface area contributed by atoms with Crippen molar-refractivity contribution < 1.29 is 0 Å². The molecule has 0 aliphatic rings. The van der Waals surface area contributed by atoms with Crippen molar-refractivity contribution in [3.63, 3.8) is 0 Å². The van der Waals surface area contributed by atoms with Crippen LogP contribution in [0.5, 0.6) is 0 Å². The zero-order chi connectivity index (χ0) is 86.0. The SMILES string of the molecule is Cc1ccc(-c2ccc3c(c2)c2cc(-c4ccccc4)ccc2n3-c2ccccc2)cc1.Cc1ccc(-c2cccc3c2c2cc(-c4ccccc4)ccc2n3-c2ccccc2)cc1.Cc1ccc(-c2cccc3c4cc(-c5ccccc5)ccc4n(-c4ccccc4)c23)cc1.Cc1ccc(-n2c3ccc(-c4ccccc4)cc3c3cc(-c4ccccc4)ccc32)cc1. The van der Waals surface area contributed by atoms with Crippen molar-refractivity contribution in [3.8, 4) is 112 Å². The molecule has 0 bridgehead atoms. The highest BCUT2D eigenvalue weighted by molar-refractivity contribution is 6.18. The second-order valence-electron chi connectivity index (χ2n) is 33.4. The molecule has 4 heteroatoms. The molecule has 0 radical (unpaired) electrons. The summed E-state index contributed by atoms with van der Waals surface area (Å²) >= 11 is 0. The van der Waals surface area contributed by atoms with E-state index in [1.165, 1.54) is 221 Å². The molecular formula is C124H92N4. The minimum atomic E-state index is 1.18. The second kappa shape index (κ2) is 34.7. The van der Waals surface area contributed by atoms with E-state index in [2.05, 4.69) is 531 Å². The molecule has 0 unspecified atom stereocenters. The van der Waals surface area contributed by atoms with E-state index in [9.17, 15) is 0 Å². The average Bonchev–Trinajstić information content (AvgIpc) is 1.58. The predicted molar refractivity (Wildman–Crippen MR) is 546 cm³/mol. The minimum Gasteiger partial charge on any atom is -0.309 e. The number of rotatable bonds is 12. The van der Waals surface area contributed by atoms with Crippen molar-refractivity contribution >= 4 is 87.2 Å². The van der Waals surface area contributed by atoms with Gasteiger partial charge in [0.15, 0.2) is 0 Å². The first-order valence-corrected chi connectivity index (χ1v) is 44.2. The van der Waals surface area contributed by atoms with E-state index in [-0.39, 0.29) is 0 Å². The number of aromatic nitrogens is 4. The summed E-state index contributed by atoms with van der Waals surface area (Å²) in [5.74, 6) is 0. The van der Waals surface area contributed by atoms with Crippen molar-refractivity contribution in [1.82, 2.24) is 18.3 Å². The standard InChI is InChI=1S/4C31H23N/c1-22-15-17-24(18-16-22)27-13-8-14-30-31(27)28-21-25(23-9-4-2-5-10-23)19-20-29(28)32(30)26-11-6-3-7-12-26;1-22-15-17-24(18-16-22)27-13-8-14-28-29-21-25(23-9-4-2-5-10-23)19-20-30(29)32(31(27)28)26-11-6-3-7-12-26;1-22-12-16-27(17-13-22)32-30-18-14-25(23-8-4-2-5-9-23)20-28(30)29-21-26(15-19-31(29)32)24-10-6-3-7-11-24;1-22-12-14-24(15-13-22)26-17-19-31-29(21-26)28-20-25(23-8-4-2-5-9-23)16-18-30(28)32(31)27-10-6-3-7-11-27/h4*2-21H,1H3. The van der Waals surface area contributed by atoms with E-state index in [0.29, 0.717) is 0 Å². The zero-order valence-corrected chi connectivity index (χ0v) is 72.0. The molecule has 608 valence electrons. The summed E-state index contributed by atoms with van der Waals surface area (Å²) in [6.45, 7) is 8.54. The van der Waals surface area contributed by atoms with Gasteiger partial charge >= 0.3 is 0 Å². The minimum absolute atomic E-state index is 1.18. The van der Waals surface area contributed by atoms with Crippen molar-refractivity contribution in [2.45, 2.75) is 27.7 Å². The van der Waals surface area contributed by atoms with E-state index in [1.54, 1.807) is 0 Å². The topological polar surface area (TPSA) is 19.7 Å². The van der Waals surface area contributed by atoms with Crippen LogP contribution in [0, 0.1) is 27.7 Å². The molecule has 0 N–H and O–H groups in total. The molecule has 20 aromatic carbocycles. The van der Waals surface area contributed by atoms with Crippen LogP contribution in [0.3, 0.4) is 0 Å². The Bertz CT molecular complexity index is 7940. The van der Waals surface area contributed by atoms with Gasteiger partial charge < -0.3 is 18.3 Å². The number of hydrogen-bond acceptors (Lipinski definition) is 0. The first-order chi connectivity index (χ1) is 63.1. The number of fused-ring (bicyclic) bond motifs is 12. The lowest BCUT2D eigenvalue weighted by atomic mass is 9.97. The van der Waals surface area contributed by atoms with Gasteiger partial charge in [0, 0.05) is 71.4 Å². The molecule has 0 atom stereocenters. The van der Waals surface area contributed by atoms with Crippen LogP contribution in [0.4, 0.5) is 0 Å². The Morgan fingerprint density at radius 3 is 0.703 bits per heavy atom. The van der Waals surface area contributed by atoms with Crippen molar-refractivity contribution in [1.29, 1.82) is 0 Å². The molecule has 0 aliphatic heterocycles. The summed E-state index contributed by atoms with van der Waals surface area (Å²) in [5, 5.41) is 10.2. The van der Waals surface area contributed by atoms with Crippen molar-refractivity contribution in [3.05, 3.63) is 508 Å². The first kappa shape index (κ1) is 78.8. The molecule has 4 nitrogen and oxygen atoms in total. The van der Waals surface area contributed by atoms with Gasteiger partial charge in [-0.3, -0.25) is 0 Å². The molecule has 0 fully saturated rings. The molecule has 0 saturated carbocycles. The number of aryl methyl sites for hydroxylation is 4. The Balaban J connectivity index is 0.000000104. The highest BCUT2D eigenvalue weighted by atomic mass is 15.0. The smallest absolute Gasteiger partial charge is 0.0619 e. The van der Waals surface area contributed by atoms with Gasteiger partial charge in [0.1, 0.15) is 0 Å². The van der Waals surface area contributed by atoms with Crippen LogP contribution in [-0.4, -0.2) is 18.3 Å². The second-order valence-corrected chi connectivity index (χ2v) is 33.4. The lowest BCUT2D eigenvalue weighted by Crippen LogP contribution is -1.95. The fraction of sp³-hybridized carbons (Fsp3) is 0.0323. The van der Waals surface area contributed by atoms with Gasteiger partial charge in [0.25, 0.3) is 0 Å². The fourth-order valence-corrected chi connectivity index (χ4v) is 18.6. The van der Waals surface area contributed by atoms with Crippen molar-refractivity contribution in [2.24, 2.45) is 0 Å². The third-order valence-corrected chi connectivity index (χ3v) is 25.1. The normalized spacial score (nSPS) is 11.3. The van der Waals surface area contributed by atoms with E-state index in [0.717, 1.165) is 0 Å². The fourth-order valence-electron chi connectivity index (χ4n) is 18.6. The number of benzene rings is 20. The summed E-state index contributed by atoms with van der Waals surface area (Å²) in [6, 6.07) is 175. The highest BCUT2D eigenvalue weighted by Crippen LogP contribution is 2.45. The Morgan fingerprint density at radius 1 is 0.133 bits per heavy atom. The zero-order valence-electron chi connectivity index (χ0n) is 72.0. The lowest BCUT2D eigenvalue weighted by molar-refractivity contribution is 1.17. The van der Waals surface area contributed by atoms with Crippen LogP contribution in [0.1, 0.15) is 22.3 Å². The molecule has 4 aromatic heterocycles. The highest BCUT2D eigenvalue weighted by Gasteiger charge is 2.22. The summed E-state index contributed by atoms with van der Waals surface area (Å²) < 4.78 is 9.55. The van der Waals surface area contributed by atoms with Gasteiger partial charge in [-0.15, -0.1) is 0 Å². The maximum Gasteiger partial charge on any atom is 0.0619 e. The third kappa shape index (κ3) is 15.4. The number of para-hydroxylation sites is 4. The van der Waals surface area contributed by atoms with Crippen LogP contribution >= 0.6 is 0 Å². The average molecular weight is 1640 g/mol. The van der Waals surface area contributed by atoms with Gasteiger partial charge in [0.2, 0.25) is 0 Å². The van der Waals surface area contributed by atoms with Gasteiger partial charge in [-0.1, -0.05) is 380 Å². The molecule has 0 saturated heterocycles. The maximum absolute atomic E-state index is 2.41. The Kier molecular flexibility index (Phi) is 21.4. The molecule has 0 aliphatic carbocycles. The largest absolute Gasteiger partial charge is 0.309 e. The Morgan fingerprint density at radius 2 is 0.359 bits per heavy atom. The van der Waals surface area contributed by atoms with Crippen LogP contribution in [0.15, 0.2) is 485 Å². The maximum atomic E-state index is 2.41. The van der Waals surface area contributed by atoms with Gasteiger partial charge in [-0.2, -0.15) is 0 Å². The molecule has 128 heavy (non-hydrogen) atoms. The van der Waals surface area contributed by atoms with Crippen LogP contribution in [0.25, 0.3) is 199 Å². The van der Waals surface area contributed by atoms with Crippen LogP contribution < -0.4 is 0 Å². The van der Waals surface area contributed by atoms with E-state index in [4.69, 9.17) is 0 Å². The first-order valence-electron chi connectivity index (χ1n) is 44.2. The molecule has 0 spiro atoms. The molecule has 24 aromatic rings. The van der Waals surface area contributed by atoms with Gasteiger partial charge in [-0.05, 0) is 239 Å². The molecule has 0 amide bonds. The van der Waals surface area contributed by atoms with Gasteiger partial charge in [-0.25, -0.2) is 0 Å². The third-order valence-electron chi connectivity index (χ3n) is 25.1.